The van der Waals surface area contributed by atoms with Crippen molar-refractivity contribution >= 4 is 15.9 Å². The van der Waals surface area contributed by atoms with Crippen molar-refractivity contribution in [2.75, 3.05) is 19.3 Å². The van der Waals surface area contributed by atoms with Crippen LogP contribution in [0.5, 0.6) is 0 Å². The fourth-order valence-electron chi connectivity index (χ4n) is 1.77. The van der Waals surface area contributed by atoms with E-state index < -0.39 is 10.0 Å². The highest BCUT2D eigenvalue weighted by Gasteiger charge is 2.25. The molecule has 0 aromatic carbocycles. The van der Waals surface area contributed by atoms with Crippen LogP contribution >= 0.6 is 0 Å². The lowest BCUT2D eigenvalue weighted by Gasteiger charge is -2.29. The number of rotatable bonds is 3. The zero-order valence-electron chi connectivity index (χ0n) is 8.77. The van der Waals surface area contributed by atoms with Crippen molar-refractivity contribution in [3.05, 3.63) is 0 Å². The van der Waals surface area contributed by atoms with Crippen molar-refractivity contribution in [1.29, 1.82) is 0 Å². The third-order valence-corrected chi connectivity index (χ3v) is 3.98. The molecule has 0 spiro atoms. The number of nitrogens with two attached hydrogens (primary N) is 1. The van der Waals surface area contributed by atoms with Crippen LogP contribution in [0.2, 0.25) is 0 Å². The van der Waals surface area contributed by atoms with Crippen LogP contribution in [0.4, 0.5) is 0 Å². The van der Waals surface area contributed by atoms with Crippen molar-refractivity contribution in [1.82, 2.24) is 9.73 Å². The number of sulfonamides is 1. The molecular formula is C8H17N3O3S. The number of amides is 1. The van der Waals surface area contributed by atoms with Crippen LogP contribution in [-0.4, -0.2) is 38.0 Å². The summed E-state index contributed by atoms with van der Waals surface area (Å²) in [6.07, 6.45) is 3.04. The topological polar surface area (TPSA) is 92.5 Å². The van der Waals surface area contributed by atoms with Gasteiger partial charge in [-0.05, 0) is 18.8 Å². The summed E-state index contributed by atoms with van der Waals surface area (Å²) < 4.78 is 23.8. The molecule has 1 amide bonds. The first kappa shape index (κ1) is 12.4. The molecule has 1 aliphatic heterocycles. The molecule has 0 aromatic rings. The van der Waals surface area contributed by atoms with Crippen molar-refractivity contribution < 1.29 is 13.2 Å². The average Bonchev–Trinajstić information content (AvgIpc) is 2.17. The van der Waals surface area contributed by atoms with Crippen molar-refractivity contribution in [2.45, 2.75) is 19.3 Å². The lowest BCUT2D eigenvalue weighted by molar-refractivity contribution is -0.122. The van der Waals surface area contributed by atoms with E-state index in [-0.39, 0.29) is 11.8 Å². The molecule has 1 aliphatic rings. The van der Waals surface area contributed by atoms with Gasteiger partial charge >= 0.3 is 0 Å². The molecule has 7 heteroatoms. The van der Waals surface area contributed by atoms with Crippen LogP contribution in [0.25, 0.3) is 0 Å². The summed E-state index contributed by atoms with van der Waals surface area (Å²) in [5.74, 6) is 5.03. The Hall–Kier alpha value is -0.660. The molecule has 15 heavy (non-hydrogen) atoms. The molecule has 0 radical (unpaired) electrons. The number of nitrogens with one attached hydrogen (secondary N) is 1. The van der Waals surface area contributed by atoms with Crippen molar-refractivity contribution in [3.8, 4) is 0 Å². The number of hydrogen-bond acceptors (Lipinski definition) is 4. The first-order chi connectivity index (χ1) is 6.93. The van der Waals surface area contributed by atoms with E-state index in [1.54, 1.807) is 0 Å². The number of hydrogen-bond donors (Lipinski definition) is 2. The summed E-state index contributed by atoms with van der Waals surface area (Å²) in [6, 6.07) is 0. The van der Waals surface area contributed by atoms with Gasteiger partial charge in [-0.2, -0.15) is 0 Å². The van der Waals surface area contributed by atoms with Gasteiger partial charge in [0.15, 0.2) is 0 Å². The summed E-state index contributed by atoms with van der Waals surface area (Å²) in [4.78, 5) is 11.0. The number of hydrazine groups is 1. The Morgan fingerprint density at radius 2 is 2.00 bits per heavy atom. The minimum Gasteiger partial charge on any atom is -0.294 e. The van der Waals surface area contributed by atoms with E-state index in [0.29, 0.717) is 19.5 Å². The van der Waals surface area contributed by atoms with Gasteiger partial charge in [-0.1, -0.05) is 0 Å². The highest BCUT2D eigenvalue weighted by molar-refractivity contribution is 7.88. The molecule has 0 unspecified atom stereocenters. The number of carbonyl (C=O) groups is 1. The summed E-state index contributed by atoms with van der Waals surface area (Å²) >= 11 is 0. The molecule has 88 valence electrons. The van der Waals surface area contributed by atoms with Crippen LogP contribution in [0.15, 0.2) is 0 Å². The zero-order chi connectivity index (χ0) is 11.5. The lowest BCUT2D eigenvalue weighted by atomic mass is 9.94. The fourth-order valence-corrected chi connectivity index (χ4v) is 2.64. The normalized spacial score (nSPS) is 20.1. The van der Waals surface area contributed by atoms with Gasteiger partial charge in [0.2, 0.25) is 15.9 Å². The molecule has 0 bridgehead atoms. The SMILES string of the molecule is CS(=O)(=O)N1CCC(CC(=O)NN)CC1. The van der Waals surface area contributed by atoms with Gasteiger partial charge < -0.3 is 0 Å². The molecule has 0 aromatic heterocycles. The molecule has 6 nitrogen and oxygen atoms in total. The number of piperidine rings is 1. The Balaban J connectivity index is 2.40. The second-order valence-corrected chi connectivity index (χ2v) is 5.86. The Kier molecular flexibility index (Phi) is 4.06. The van der Waals surface area contributed by atoms with Gasteiger partial charge in [-0.25, -0.2) is 18.6 Å². The van der Waals surface area contributed by atoms with Gasteiger partial charge in [0.1, 0.15) is 0 Å². The molecule has 0 atom stereocenters. The predicted octanol–water partition coefficient (Wildman–Crippen LogP) is -0.962. The summed E-state index contributed by atoms with van der Waals surface area (Å²) in [6.45, 7) is 1.00. The van der Waals surface area contributed by atoms with Crippen LogP contribution in [-0.2, 0) is 14.8 Å². The van der Waals surface area contributed by atoms with Crippen LogP contribution in [0.3, 0.4) is 0 Å². The largest absolute Gasteiger partial charge is 0.294 e. The molecule has 1 fully saturated rings. The van der Waals surface area contributed by atoms with Gasteiger partial charge in [-0.15, -0.1) is 0 Å². The van der Waals surface area contributed by atoms with E-state index in [9.17, 15) is 13.2 Å². The Morgan fingerprint density at radius 3 is 2.40 bits per heavy atom. The maximum absolute atomic E-state index is 11.2. The number of carbonyl (C=O) groups excluding carboxylic acids is 1. The van der Waals surface area contributed by atoms with E-state index in [1.165, 1.54) is 10.6 Å². The Labute approximate surface area is 89.8 Å². The first-order valence-electron chi connectivity index (χ1n) is 4.88. The fraction of sp³-hybridized carbons (Fsp3) is 0.875. The van der Waals surface area contributed by atoms with Crippen LogP contribution in [0, 0.1) is 5.92 Å². The highest BCUT2D eigenvalue weighted by Crippen LogP contribution is 2.21. The Bertz CT molecular complexity index is 320. The maximum atomic E-state index is 11.2. The van der Waals surface area contributed by atoms with E-state index in [4.69, 9.17) is 5.84 Å². The standard InChI is InChI=1S/C8H17N3O3S/c1-15(13,14)11-4-2-7(3-5-11)6-8(12)10-9/h7H,2-6,9H2,1H3,(H,10,12). The zero-order valence-corrected chi connectivity index (χ0v) is 9.59. The summed E-state index contributed by atoms with van der Waals surface area (Å²) in [7, 11) is -3.08. The minimum atomic E-state index is -3.08. The molecule has 1 saturated heterocycles. The average molecular weight is 235 g/mol. The van der Waals surface area contributed by atoms with Crippen LogP contribution in [0.1, 0.15) is 19.3 Å². The Morgan fingerprint density at radius 1 is 1.47 bits per heavy atom. The second kappa shape index (κ2) is 4.91. The minimum absolute atomic E-state index is 0.187. The molecule has 1 heterocycles. The molecule has 1 rings (SSSR count). The molecule has 3 N–H and O–H groups in total. The molecule has 0 aliphatic carbocycles. The van der Waals surface area contributed by atoms with Crippen molar-refractivity contribution in [2.24, 2.45) is 11.8 Å². The van der Waals surface area contributed by atoms with E-state index >= 15 is 0 Å². The third kappa shape index (κ3) is 3.77. The quantitative estimate of drug-likeness (QED) is 0.374. The summed E-state index contributed by atoms with van der Waals surface area (Å²) in [5, 5.41) is 0. The monoisotopic (exact) mass is 235 g/mol. The van der Waals surface area contributed by atoms with E-state index in [1.807, 2.05) is 0 Å². The van der Waals surface area contributed by atoms with Gasteiger partial charge in [0, 0.05) is 19.5 Å². The van der Waals surface area contributed by atoms with E-state index in [0.717, 1.165) is 12.8 Å². The van der Waals surface area contributed by atoms with Gasteiger partial charge in [0.25, 0.3) is 0 Å². The predicted molar refractivity (Wildman–Crippen MR) is 56.1 cm³/mol. The molecule has 0 saturated carbocycles. The van der Waals surface area contributed by atoms with E-state index in [2.05, 4.69) is 5.43 Å². The smallest absolute Gasteiger partial charge is 0.234 e. The first-order valence-corrected chi connectivity index (χ1v) is 6.73. The third-order valence-electron chi connectivity index (χ3n) is 2.68. The number of nitrogens with zero attached hydrogens (tertiary/aromatic N) is 1. The molecular weight excluding hydrogens is 218 g/mol. The summed E-state index contributed by atoms with van der Waals surface area (Å²) in [5.41, 5.74) is 2.08. The van der Waals surface area contributed by atoms with Crippen molar-refractivity contribution in [3.63, 3.8) is 0 Å². The van der Waals surface area contributed by atoms with Crippen LogP contribution < -0.4 is 11.3 Å². The lowest BCUT2D eigenvalue weighted by Crippen LogP contribution is -2.39. The maximum Gasteiger partial charge on any atom is 0.234 e. The van der Waals surface area contributed by atoms with Gasteiger partial charge in [-0.3, -0.25) is 10.2 Å². The highest BCUT2D eigenvalue weighted by atomic mass is 32.2. The van der Waals surface area contributed by atoms with Gasteiger partial charge in [0.05, 0.1) is 6.26 Å². The second-order valence-electron chi connectivity index (χ2n) is 3.88.